The molecule has 0 aliphatic rings. The number of nitrogens with two attached hydrogens (primary N) is 1. The van der Waals surface area contributed by atoms with Crippen molar-refractivity contribution in [1.29, 1.82) is 5.41 Å². The summed E-state index contributed by atoms with van der Waals surface area (Å²) in [7, 11) is 1.91. The van der Waals surface area contributed by atoms with Crippen LogP contribution in [0.4, 0.5) is 5.82 Å². The van der Waals surface area contributed by atoms with Gasteiger partial charge in [0.2, 0.25) is 0 Å². The van der Waals surface area contributed by atoms with Gasteiger partial charge in [0.15, 0.2) is 0 Å². The van der Waals surface area contributed by atoms with Gasteiger partial charge in [0, 0.05) is 33.5 Å². The zero-order chi connectivity index (χ0) is 14.0. The van der Waals surface area contributed by atoms with Gasteiger partial charge >= 0.3 is 0 Å². The van der Waals surface area contributed by atoms with Crippen LogP contribution in [0.3, 0.4) is 0 Å². The molecule has 2 heterocycles. The van der Waals surface area contributed by atoms with Gasteiger partial charge in [-0.25, -0.2) is 4.98 Å². The molecule has 0 saturated heterocycles. The van der Waals surface area contributed by atoms with Crippen LogP contribution < -0.4 is 10.6 Å². The van der Waals surface area contributed by atoms with E-state index < -0.39 is 0 Å². The van der Waals surface area contributed by atoms with Crippen LogP contribution in [-0.2, 0) is 6.54 Å². The maximum Gasteiger partial charge on any atom is 0.148 e. The number of hydrogen-bond donors (Lipinski definition) is 2. The molecule has 0 aromatic carbocycles. The van der Waals surface area contributed by atoms with Crippen LogP contribution in [0.2, 0.25) is 5.02 Å². The molecule has 0 saturated carbocycles. The van der Waals surface area contributed by atoms with E-state index in [0.29, 0.717) is 22.9 Å². The monoisotopic (exact) mass is 358 g/mol. The van der Waals surface area contributed by atoms with E-state index in [4.69, 9.17) is 22.7 Å². The number of halogens is 2. The van der Waals surface area contributed by atoms with Crippen LogP contribution in [0.5, 0.6) is 0 Å². The van der Waals surface area contributed by atoms with E-state index in [9.17, 15) is 0 Å². The van der Waals surface area contributed by atoms with Crippen molar-refractivity contribution in [1.82, 2.24) is 4.98 Å². The maximum absolute atomic E-state index is 7.48. The fraction of sp³-hybridized carbons (Fsp3) is 0.167. The van der Waals surface area contributed by atoms with E-state index in [1.165, 1.54) is 4.88 Å². The third-order valence-electron chi connectivity index (χ3n) is 2.54. The molecule has 0 fully saturated rings. The van der Waals surface area contributed by atoms with E-state index >= 15 is 0 Å². The summed E-state index contributed by atoms with van der Waals surface area (Å²) in [5, 5.41) is 9.92. The van der Waals surface area contributed by atoms with Crippen molar-refractivity contribution < 1.29 is 0 Å². The Morgan fingerprint density at radius 1 is 1.63 bits per heavy atom. The highest BCUT2D eigenvalue weighted by molar-refractivity contribution is 9.10. The van der Waals surface area contributed by atoms with Crippen LogP contribution in [0.15, 0.2) is 28.2 Å². The Morgan fingerprint density at radius 3 is 2.95 bits per heavy atom. The van der Waals surface area contributed by atoms with Gasteiger partial charge in [-0.3, -0.25) is 5.41 Å². The summed E-state index contributed by atoms with van der Waals surface area (Å²) in [5.74, 6) is 0.569. The number of aromatic nitrogens is 1. The molecule has 0 bridgehead atoms. The lowest BCUT2D eigenvalue weighted by Gasteiger charge is -2.19. The number of thiophene rings is 1. The first-order valence-corrected chi connectivity index (χ1v) is 7.47. The van der Waals surface area contributed by atoms with Gasteiger partial charge in [0.1, 0.15) is 11.7 Å². The van der Waals surface area contributed by atoms with Crippen LogP contribution in [-0.4, -0.2) is 17.9 Å². The van der Waals surface area contributed by atoms with Gasteiger partial charge in [-0.05, 0) is 28.1 Å². The second kappa shape index (κ2) is 5.90. The normalized spacial score (nSPS) is 10.5. The number of rotatable bonds is 4. The number of nitrogen functional groups attached to an aromatic ring is 1. The largest absolute Gasteiger partial charge is 0.384 e. The number of anilines is 1. The first kappa shape index (κ1) is 14.3. The number of hydrogen-bond acceptors (Lipinski definition) is 4. The molecule has 100 valence electrons. The predicted octanol–water partition coefficient (Wildman–Crippen LogP) is 3.48. The molecule has 19 heavy (non-hydrogen) atoms. The van der Waals surface area contributed by atoms with Crippen molar-refractivity contribution in [2.75, 3.05) is 11.9 Å². The van der Waals surface area contributed by atoms with E-state index in [-0.39, 0.29) is 5.84 Å². The maximum atomic E-state index is 7.48. The zero-order valence-corrected chi connectivity index (χ0v) is 13.3. The van der Waals surface area contributed by atoms with Crippen molar-refractivity contribution in [3.8, 4) is 0 Å². The lowest BCUT2D eigenvalue weighted by atomic mass is 10.2. The van der Waals surface area contributed by atoms with Gasteiger partial charge in [-0.1, -0.05) is 11.6 Å². The third kappa shape index (κ3) is 3.26. The lowest BCUT2D eigenvalue weighted by Crippen LogP contribution is -2.19. The fourth-order valence-electron chi connectivity index (χ4n) is 1.65. The molecule has 4 nitrogen and oxygen atoms in total. The molecule has 0 aliphatic carbocycles. The number of nitrogens with one attached hydrogen (secondary N) is 1. The van der Waals surface area contributed by atoms with Crippen LogP contribution in [0.1, 0.15) is 10.4 Å². The molecule has 0 atom stereocenters. The van der Waals surface area contributed by atoms with Gasteiger partial charge in [-0.15, -0.1) is 11.3 Å². The van der Waals surface area contributed by atoms with Gasteiger partial charge in [-0.2, -0.15) is 0 Å². The second-order valence-electron chi connectivity index (χ2n) is 4.00. The molecule has 3 N–H and O–H groups in total. The average Bonchev–Trinajstić information content (AvgIpc) is 2.74. The number of nitrogens with zero attached hydrogens (tertiary/aromatic N) is 2. The molecule has 0 radical (unpaired) electrons. The van der Waals surface area contributed by atoms with E-state index in [1.807, 2.05) is 17.3 Å². The Kier molecular flexibility index (Phi) is 4.44. The minimum atomic E-state index is -0.0547. The van der Waals surface area contributed by atoms with Crippen molar-refractivity contribution >= 4 is 50.5 Å². The minimum absolute atomic E-state index is 0.0547. The molecule has 0 spiro atoms. The first-order chi connectivity index (χ1) is 8.99. The molecule has 0 amide bonds. The highest BCUT2D eigenvalue weighted by Crippen LogP contribution is 2.28. The Balaban J connectivity index is 2.26. The molecular formula is C12H12BrClN4S. The van der Waals surface area contributed by atoms with Crippen molar-refractivity contribution in [2.45, 2.75) is 6.54 Å². The molecule has 2 aromatic rings. The summed E-state index contributed by atoms with van der Waals surface area (Å²) in [4.78, 5) is 7.39. The van der Waals surface area contributed by atoms with Gasteiger partial charge < -0.3 is 10.6 Å². The van der Waals surface area contributed by atoms with Crippen molar-refractivity contribution in [3.05, 3.63) is 43.6 Å². The first-order valence-electron chi connectivity index (χ1n) is 5.42. The van der Waals surface area contributed by atoms with Gasteiger partial charge in [0.05, 0.1) is 11.6 Å². The van der Waals surface area contributed by atoms with E-state index in [2.05, 4.69) is 27.0 Å². The van der Waals surface area contributed by atoms with Crippen LogP contribution >= 0.6 is 38.9 Å². The summed E-state index contributed by atoms with van der Waals surface area (Å²) in [6, 6.07) is 3.70. The van der Waals surface area contributed by atoms with Crippen molar-refractivity contribution in [2.24, 2.45) is 5.73 Å². The second-order valence-corrected chi connectivity index (χ2v) is 6.29. The molecular weight excluding hydrogens is 348 g/mol. The van der Waals surface area contributed by atoms with Crippen LogP contribution in [0.25, 0.3) is 0 Å². The fourth-order valence-corrected chi connectivity index (χ4v) is 3.51. The van der Waals surface area contributed by atoms with Gasteiger partial charge in [0.25, 0.3) is 0 Å². The molecule has 7 heteroatoms. The van der Waals surface area contributed by atoms with E-state index in [1.54, 1.807) is 23.6 Å². The SMILES string of the molecule is CN(Cc1cc(Br)cs1)c1nccc(C(=N)N)c1Cl. The Hall–Kier alpha value is -1.11. The van der Waals surface area contributed by atoms with Crippen molar-refractivity contribution in [3.63, 3.8) is 0 Å². The Bertz CT molecular complexity index is 614. The van der Waals surface area contributed by atoms with Crippen LogP contribution in [0, 0.1) is 5.41 Å². The topological polar surface area (TPSA) is 66.0 Å². The summed E-state index contributed by atoms with van der Waals surface area (Å²) < 4.78 is 1.07. The zero-order valence-electron chi connectivity index (χ0n) is 10.2. The minimum Gasteiger partial charge on any atom is -0.384 e. The Morgan fingerprint density at radius 2 is 2.37 bits per heavy atom. The van der Waals surface area contributed by atoms with E-state index in [0.717, 1.165) is 4.47 Å². The summed E-state index contributed by atoms with van der Waals surface area (Å²) in [6.07, 6.45) is 1.61. The molecule has 0 unspecified atom stereocenters. The molecule has 2 aromatic heterocycles. The lowest BCUT2D eigenvalue weighted by molar-refractivity contribution is 0.912. The quantitative estimate of drug-likeness (QED) is 0.649. The highest BCUT2D eigenvalue weighted by atomic mass is 79.9. The number of amidine groups is 1. The summed E-state index contributed by atoms with van der Waals surface area (Å²) in [5.41, 5.74) is 5.99. The average molecular weight is 360 g/mol. The standard InChI is InChI=1S/C12H12BrClN4S/c1-18(5-8-4-7(13)6-19-8)12-10(14)9(11(15)16)2-3-17-12/h2-4,6H,5H2,1H3,(H3,15,16). The highest BCUT2D eigenvalue weighted by Gasteiger charge is 2.14. The smallest absolute Gasteiger partial charge is 0.148 e. The predicted molar refractivity (Wildman–Crippen MR) is 84.4 cm³/mol. The summed E-state index contributed by atoms with van der Waals surface area (Å²) in [6.45, 7) is 0.699. The third-order valence-corrected chi connectivity index (χ3v) is 4.59. The molecule has 2 rings (SSSR count). The number of pyridine rings is 1. The Labute approximate surface area is 128 Å². The molecule has 0 aliphatic heterocycles. The summed E-state index contributed by atoms with van der Waals surface area (Å²) >= 11 is 11.3.